The molecule has 21 nitrogen and oxygen atoms in total. The summed E-state index contributed by atoms with van der Waals surface area (Å²) < 4.78 is 105. The molecule has 5 aliphatic heterocycles. The van der Waals surface area contributed by atoms with E-state index in [9.17, 15) is 50.3 Å². The van der Waals surface area contributed by atoms with Crippen molar-refractivity contribution in [2.75, 3.05) is 39.5 Å². The predicted octanol–water partition coefficient (Wildman–Crippen LogP) is 12.6. The molecular formula is C67H78ClF6N9O12S. The number of hydrogen-bond donors (Lipinski definition) is 4. The molecule has 96 heavy (non-hydrogen) atoms. The molecule has 0 spiro atoms. The average Bonchev–Trinajstić information content (AvgIpc) is 1.50. The molecule has 0 bridgehead atoms. The van der Waals surface area contributed by atoms with Crippen LogP contribution in [-0.2, 0) is 53.0 Å². The molecule has 8 heterocycles. The average molecular weight is 1380 g/mol. The standard InChI is InChI=1S/C22H17F2N3O3S.C22H17F2N3O3.C14H15F2N3O.C2H4O3.C2H4O2.5CH4.ClH/c23-13-7-12-8-15(11-30-19(12)18(24)9-13)27-14(10-25-22(27)31)5-6-26-20(28)16-3-1-2-4-17(16)21(26)29;23-14-7-13-8-16(11-30-20(13)19(24)9-14)27-12-25-10-15(27)5-6-26-21(28)17-3-1-2-4-18(17)22(26)29;15-10-3-9-4-12(7-20-14(9)13(16)5-10)19-8-18-6-11(19)1-2-17;1-2(3)5-4;1-2(3)4;;;;;;/h1-4,7,9-10,15H,5-6,8,11H2,(H,25,31);1-4,7,9-10,12,16H,5-6,8,11H2;3,5-6,8,12H,1-2,4,7,17H2;4H,1H3;1H3,(H,3,4);5*1H4;1H/t15-;16-;12-;;;;;;;;/m111......../s1. The van der Waals surface area contributed by atoms with Crippen LogP contribution in [0.25, 0.3) is 0 Å². The number of fused-ring (bicyclic) bond motifs is 5. The van der Waals surface area contributed by atoms with Crippen molar-refractivity contribution in [1.82, 2.24) is 38.5 Å². The van der Waals surface area contributed by atoms with E-state index < -0.39 is 46.8 Å². The van der Waals surface area contributed by atoms with Gasteiger partial charge < -0.3 is 48.6 Å². The highest BCUT2D eigenvalue weighted by molar-refractivity contribution is 7.71. The molecule has 4 amide bonds. The van der Waals surface area contributed by atoms with Gasteiger partial charge in [-0.25, -0.2) is 41.1 Å². The second-order valence-electron chi connectivity index (χ2n) is 20.9. The number of imide groups is 2. The number of amides is 4. The Bertz CT molecular complexity index is 4030. The predicted molar refractivity (Wildman–Crippen MR) is 350 cm³/mol. The number of halogens is 7. The highest BCUT2D eigenvalue weighted by Gasteiger charge is 2.37. The van der Waals surface area contributed by atoms with E-state index in [0.29, 0.717) is 95.4 Å². The Morgan fingerprint density at radius 2 is 0.906 bits per heavy atom. The van der Waals surface area contributed by atoms with Gasteiger partial charge in [-0.2, -0.15) is 5.26 Å². The maximum absolute atomic E-state index is 14.0. The molecule has 29 heteroatoms. The van der Waals surface area contributed by atoms with Crippen LogP contribution in [0.1, 0.15) is 144 Å². The number of carboxylic acid groups (broad SMARTS) is 1. The number of aromatic amines is 1. The van der Waals surface area contributed by atoms with Gasteiger partial charge in [-0.3, -0.25) is 33.8 Å². The lowest BCUT2D eigenvalue weighted by Crippen LogP contribution is -2.33. The molecule has 0 fully saturated rings. The number of hydrogen-bond acceptors (Lipinski definition) is 15. The molecular weight excluding hydrogens is 1300 g/mol. The number of nitrogens with zero attached hydrogens (tertiary/aromatic N) is 7. The molecule has 5 aliphatic rings. The summed E-state index contributed by atoms with van der Waals surface area (Å²) in [5, 5.41) is 14.7. The lowest BCUT2D eigenvalue weighted by molar-refractivity contribution is -0.231. The molecule has 8 aromatic rings. The van der Waals surface area contributed by atoms with E-state index >= 15 is 0 Å². The molecule has 3 aromatic heterocycles. The monoisotopic (exact) mass is 1380 g/mol. The molecule has 13 rings (SSSR count). The molecule has 518 valence electrons. The first kappa shape index (κ1) is 80.6. The summed E-state index contributed by atoms with van der Waals surface area (Å²) in [7, 11) is 0. The fourth-order valence-electron chi connectivity index (χ4n) is 11.0. The number of aliphatic carboxylic acids is 1. The third kappa shape index (κ3) is 18.2. The van der Waals surface area contributed by atoms with Gasteiger partial charge in [-0.1, -0.05) is 61.4 Å². The van der Waals surface area contributed by atoms with Crippen molar-refractivity contribution in [3.8, 4) is 17.2 Å². The molecule has 0 saturated carbocycles. The number of aromatic nitrogens is 6. The maximum atomic E-state index is 14.0. The zero-order chi connectivity index (χ0) is 64.5. The lowest BCUT2D eigenvalue weighted by Gasteiger charge is -2.28. The number of carbonyl (C=O) groups excluding carboxylic acids is 5. The van der Waals surface area contributed by atoms with Crippen molar-refractivity contribution in [3.63, 3.8) is 0 Å². The van der Waals surface area contributed by atoms with E-state index in [0.717, 1.165) is 49.1 Å². The van der Waals surface area contributed by atoms with Gasteiger partial charge in [0.15, 0.2) is 39.5 Å². The first-order chi connectivity index (χ1) is 43.1. The Hall–Kier alpha value is -9.64. The van der Waals surface area contributed by atoms with Gasteiger partial charge in [-0.05, 0) is 61.2 Å². The number of carboxylic acids is 1. The van der Waals surface area contributed by atoms with Gasteiger partial charge in [0.2, 0.25) is 0 Å². The van der Waals surface area contributed by atoms with Gasteiger partial charge in [-0.15, -0.1) is 12.4 Å². The number of rotatable bonds is 11. The smallest absolute Gasteiger partial charge is 0.339 e. The Kier molecular flexibility index (Phi) is 30.0. The Labute approximate surface area is 562 Å². The summed E-state index contributed by atoms with van der Waals surface area (Å²) in [6, 6.07) is 19.3. The minimum Gasteiger partial charge on any atom is -0.488 e. The summed E-state index contributed by atoms with van der Waals surface area (Å²) in [6.45, 7) is 3.84. The molecule has 0 saturated heterocycles. The number of H-pyrrole nitrogens is 1. The lowest BCUT2D eigenvalue weighted by atomic mass is 10.0. The first-order valence-electron chi connectivity index (χ1n) is 27.9. The van der Waals surface area contributed by atoms with E-state index in [4.69, 9.17) is 47.3 Å². The van der Waals surface area contributed by atoms with Crippen LogP contribution in [0.2, 0.25) is 0 Å². The number of benzene rings is 5. The largest absolute Gasteiger partial charge is 0.488 e. The molecule has 0 unspecified atom stereocenters. The van der Waals surface area contributed by atoms with Crippen molar-refractivity contribution in [2.45, 2.75) is 108 Å². The van der Waals surface area contributed by atoms with Gasteiger partial charge in [0.25, 0.3) is 29.6 Å². The van der Waals surface area contributed by atoms with Gasteiger partial charge in [0.05, 0.1) is 53.0 Å². The number of nitrogens with two attached hydrogens (primary N) is 1. The van der Waals surface area contributed by atoms with Crippen LogP contribution in [0.15, 0.2) is 116 Å². The Morgan fingerprint density at radius 1 is 0.583 bits per heavy atom. The van der Waals surface area contributed by atoms with Crippen molar-refractivity contribution in [3.05, 3.63) is 212 Å². The molecule has 0 aliphatic carbocycles. The summed E-state index contributed by atoms with van der Waals surface area (Å²) in [5.74, 6) is -6.44. The van der Waals surface area contributed by atoms with Gasteiger partial charge in [0, 0.05) is 136 Å². The van der Waals surface area contributed by atoms with Crippen molar-refractivity contribution in [1.29, 1.82) is 0 Å². The van der Waals surface area contributed by atoms with Crippen LogP contribution >= 0.6 is 24.6 Å². The van der Waals surface area contributed by atoms with Crippen LogP contribution in [0.5, 0.6) is 17.2 Å². The van der Waals surface area contributed by atoms with Crippen molar-refractivity contribution in [2.24, 2.45) is 5.73 Å². The number of ether oxygens (including phenoxy) is 3. The molecule has 0 radical (unpaired) electrons. The van der Waals surface area contributed by atoms with E-state index in [2.05, 4.69) is 19.8 Å². The highest BCUT2D eigenvalue weighted by Crippen LogP contribution is 2.37. The van der Waals surface area contributed by atoms with Crippen LogP contribution in [0.3, 0.4) is 0 Å². The van der Waals surface area contributed by atoms with Crippen molar-refractivity contribution >= 4 is 60.2 Å². The fraction of sp³-hybridized carbons (Fsp3) is 0.328. The van der Waals surface area contributed by atoms with Gasteiger partial charge >= 0.3 is 5.97 Å². The van der Waals surface area contributed by atoms with E-state index in [1.54, 1.807) is 79.8 Å². The Balaban J connectivity index is 0.000000348. The van der Waals surface area contributed by atoms with E-state index in [1.165, 1.54) is 28.0 Å². The third-order valence-electron chi connectivity index (χ3n) is 14.9. The van der Waals surface area contributed by atoms with Crippen LogP contribution in [-0.4, -0.2) is 124 Å². The molecule has 5 N–H and O–H groups in total. The molecule has 3 atom stereocenters. The number of imidazole rings is 3. The zero-order valence-corrected chi connectivity index (χ0v) is 50.1. The quantitative estimate of drug-likeness (QED) is 0.0308. The third-order valence-corrected chi connectivity index (χ3v) is 15.2. The van der Waals surface area contributed by atoms with E-state index in [-0.39, 0.29) is 135 Å². The van der Waals surface area contributed by atoms with Crippen LogP contribution < -0.4 is 19.9 Å². The minimum absolute atomic E-state index is 0. The minimum atomic E-state index is -0.833. The second kappa shape index (κ2) is 35.7. The number of carbonyl (C=O) groups is 6. The normalized spacial score (nSPS) is 15.5. The summed E-state index contributed by atoms with van der Waals surface area (Å²) in [5.41, 5.74) is 11.2. The van der Waals surface area contributed by atoms with Crippen LogP contribution in [0.4, 0.5) is 26.3 Å². The SMILES string of the molecule is C.C.C.C.C.CC(=O)O.CC(=O)OO.Cl.NCCc1cncn1[C@H]1COc2c(F)cc(F)cc2C1.O=C1c2ccccc2C(=O)N1CCc1c[nH]c(=S)n1[C@H]1COc2c(F)cc(F)cc2C1.O=C1c2ccccc2C(=O)N1CCc1cncn1[C@H]1COc2c(F)cc(F)cc2C1. The maximum Gasteiger partial charge on any atom is 0.339 e. The van der Waals surface area contributed by atoms with Crippen LogP contribution in [0, 0.1) is 39.7 Å². The van der Waals surface area contributed by atoms with E-state index in [1.807, 2.05) is 13.7 Å². The summed E-state index contributed by atoms with van der Waals surface area (Å²) in [4.78, 5) is 85.5. The summed E-state index contributed by atoms with van der Waals surface area (Å²) in [6.07, 6.45) is 11.2. The topological polar surface area (TPSA) is 269 Å². The first-order valence-corrected chi connectivity index (χ1v) is 28.3. The molecule has 5 aromatic carbocycles. The fourth-order valence-corrected chi connectivity index (χ4v) is 11.3. The highest BCUT2D eigenvalue weighted by atomic mass is 35.5. The van der Waals surface area contributed by atoms with Crippen molar-refractivity contribution < 1.29 is 84.6 Å². The number of nitrogens with one attached hydrogen (secondary N) is 1. The Morgan fingerprint density at radius 3 is 1.25 bits per heavy atom. The van der Waals surface area contributed by atoms with Gasteiger partial charge in [0.1, 0.15) is 37.3 Å². The summed E-state index contributed by atoms with van der Waals surface area (Å²) >= 11 is 5.41. The zero-order valence-electron chi connectivity index (χ0n) is 48.5. The second-order valence-corrected chi connectivity index (χ2v) is 21.3.